The van der Waals surface area contributed by atoms with E-state index in [1.165, 1.54) is 24.5 Å². The molecule has 20 heavy (non-hydrogen) atoms. The van der Waals surface area contributed by atoms with Crippen LogP contribution in [0.25, 0.3) is 0 Å². The molecule has 0 aliphatic heterocycles. The lowest BCUT2D eigenvalue weighted by molar-refractivity contribution is 0.0930. The Morgan fingerprint density at radius 3 is 2.75 bits per heavy atom. The predicted octanol–water partition coefficient (Wildman–Crippen LogP) is 0.813. The summed E-state index contributed by atoms with van der Waals surface area (Å²) in [4.78, 5) is 11.8. The lowest BCUT2D eigenvalue weighted by Crippen LogP contribution is -2.27. The minimum atomic E-state index is -3.77. The van der Waals surface area contributed by atoms with Gasteiger partial charge in [0.15, 0.2) is 5.69 Å². The van der Waals surface area contributed by atoms with E-state index in [1.54, 1.807) is 19.1 Å². The summed E-state index contributed by atoms with van der Waals surface area (Å²) >= 11 is 0. The minimum absolute atomic E-state index is 0.00228. The number of primary sulfonamides is 1. The van der Waals surface area contributed by atoms with Crippen molar-refractivity contribution < 1.29 is 17.7 Å². The van der Waals surface area contributed by atoms with Crippen molar-refractivity contribution in [3.8, 4) is 0 Å². The van der Waals surface area contributed by atoms with Crippen molar-refractivity contribution in [1.29, 1.82) is 0 Å². The Morgan fingerprint density at radius 2 is 2.15 bits per heavy atom. The van der Waals surface area contributed by atoms with Gasteiger partial charge in [-0.2, -0.15) is 0 Å². The van der Waals surface area contributed by atoms with E-state index in [1.807, 2.05) is 0 Å². The Kier molecular flexibility index (Phi) is 3.86. The van der Waals surface area contributed by atoms with Gasteiger partial charge in [0.25, 0.3) is 5.91 Å². The van der Waals surface area contributed by atoms with Gasteiger partial charge in [0.05, 0.1) is 10.9 Å². The van der Waals surface area contributed by atoms with E-state index in [-0.39, 0.29) is 10.6 Å². The smallest absolute Gasteiger partial charge is 0.273 e. The van der Waals surface area contributed by atoms with E-state index in [2.05, 4.69) is 15.0 Å². The lowest BCUT2D eigenvalue weighted by atomic mass is 10.1. The number of amides is 1. The number of nitrogens with one attached hydrogen (secondary N) is 1. The minimum Gasteiger partial charge on any atom is -0.364 e. The van der Waals surface area contributed by atoms with E-state index in [0.717, 1.165) is 0 Å². The highest BCUT2D eigenvalue weighted by molar-refractivity contribution is 7.89. The van der Waals surface area contributed by atoms with Crippen molar-refractivity contribution in [3.05, 3.63) is 47.9 Å². The molecule has 1 unspecified atom stereocenters. The number of benzene rings is 1. The predicted molar refractivity (Wildman–Crippen MR) is 70.2 cm³/mol. The first kappa shape index (κ1) is 14.2. The first-order valence-corrected chi connectivity index (χ1v) is 7.26. The van der Waals surface area contributed by atoms with Crippen LogP contribution < -0.4 is 10.5 Å². The van der Waals surface area contributed by atoms with Gasteiger partial charge in [-0.15, -0.1) is 0 Å². The molecule has 3 N–H and O–H groups in total. The normalized spacial score (nSPS) is 12.9. The fraction of sp³-hybridized carbons (Fsp3) is 0.167. The van der Waals surface area contributed by atoms with Gasteiger partial charge in [0.1, 0.15) is 6.26 Å². The molecule has 2 rings (SSSR count). The Labute approximate surface area is 115 Å². The van der Waals surface area contributed by atoms with Crippen LogP contribution in [-0.2, 0) is 10.0 Å². The zero-order valence-corrected chi connectivity index (χ0v) is 11.4. The molecule has 1 heterocycles. The monoisotopic (exact) mass is 295 g/mol. The van der Waals surface area contributed by atoms with E-state index >= 15 is 0 Å². The van der Waals surface area contributed by atoms with Crippen LogP contribution in [0.2, 0.25) is 0 Å². The van der Waals surface area contributed by atoms with Gasteiger partial charge in [0, 0.05) is 6.07 Å². The lowest BCUT2D eigenvalue weighted by Gasteiger charge is -2.14. The highest BCUT2D eigenvalue weighted by atomic mass is 32.2. The molecule has 106 valence electrons. The molecule has 2 aromatic rings. The van der Waals surface area contributed by atoms with E-state index in [0.29, 0.717) is 5.56 Å². The summed E-state index contributed by atoms with van der Waals surface area (Å²) in [6, 6.07) is 7.11. The first-order chi connectivity index (χ1) is 9.38. The Bertz CT molecular complexity index is 710. The van der Waals surface area contributed by atoms with Crippen molar-refractivity contribution in [2.24, 2.45) is 5.14 Å². The molecule has 0 spiro atoms. The van der Waals surface area contributed by atoms with Crippen molar-refractivity contribution >= 4 is 15.9 Å². The number of carbonyl (C=O) groups excluding carboxylic acids is 1. The largest absolute Gasteiger partial charge is 0.364 e. The standard InChI is InChI=1S/C12H13N3O4S/c1-8(14-12(16)11-5-6-19-15-11)9-3-2-4-10(7-9)20(13,17)18/h2-8H,1H3,(H,14,16)(H2,13,17,18). The fourth-order valence-corrected chi connectivity index (χ4v) is 2.21. The Morgan fingerprint density at radius 1 is 1.40 bits per heavy atom. The van der Waals surface area contributed by atoms with Crippen molar-refractivity contribution in [2.75, 3.05) is 0 Å². The van der Waals surface area contributed by atoms with Crippen LogP contribution in [0.5, 0.6) is 0 Å². The molecule has 0 bridgehead atoms. The second kappa shape index (κ2) is 5.43. The maximum atomic E-state index is 11.8. The molecule has 0 fully saturated rings. The average molecular weight is 295 g/mol. The number of hydrogen-bond donors (Lipinski definition) is 2. The van der Waals surface area contributed by atoms with Gasteiger partial charge >= 0.3 is 0 Å². The number of aromatic nitrogens is 1. The molecule has 1 atom stereocenters. The summed E-state index contributed by atoms with van der Waals surface area (Å²) in [6.45, 7) is 1.72. The van der Waals surface area contributed by atoms with Crippen molar-refractivity contribution in [2.45, 2.75) is 17.9 Å². The van der Waals surface area contributed by atoms with E-state index in [4.69, 9.17) is 5.14 Å². The number of rotatable bonds is 4. The molecular weight excluding hydrogens is 282 g/mol. The van der Waals surface area contributed by atoms with E-state index < -0.39 is 22.0 Å². The van der Waals surface area contributed by atoms with Gasteiger partial charge in [-0.05, 0) is 24.6 Å². The third-order valence-electron chi connectivity index (χ3n) is 2.70. The van der Waals surface area contributed by atoms with Gasteiger partial charge in [0.2, 0.25) is 10.0 Å². The topological polar surface area (TPSA) is 115 Å². The Balaban J connectivity index is 2.18. The van der Waals surface area contributed by atoms with Crippen LogP contribution in [0.15, 0.2) is 46.0 Å². The third-order valence-corrected chi connectivity index (χ3v) is 3.62. The molecule has 1 aromatic heterocycles. The molecule has 1 aromatic carbocycles. The summed E-state index contributed by atoms with van der Waals surface area (Å²) in [5.41, 5.74) is 0.771. The van der Waals surface area contributed by atoms with Crippen LogP contribution in [0.4, 0.5) is 0 Å². The van der Waals surface area contributed by atoms with Crippen molar-refractivity contribution in [3.63, 3.8) is 0 Å². The molecule has 0 radical (unpaired) electrons. The summed E-state index contributed by atoms with van der Waals surface area (Å²) in [6.07, 6.45) is 1.29. The van der Waals surface area contributed by atoms with Gasteiger partial charge < -0.3 is 9.84 Å². The van der Waals surface area contributed by atoms with Crippen LogP contribution in [0.3, 0.4) is 0 Å². The SMILES string of the molecule is CC(NC(=O)c1ccon1)c1cccc(S(N)(=O)=O)c1. The van der Waals surface area contributed by atoms with E-state index in [9.17, 15) is 13.2 Å². The highest BCUT2D eigenvalue weighted by Gasteiger charge is 2.15. The number of carbonyl (C=O) groups is 1. The molecule has 0 aliphatic carbocycles. The van der Waals surface area contributed by atoms with Crippen LogP contribution in [-0.4, -0.2) is 19.5 Å². The second-order valence-corrected chi connectivity index (χ2v) is 5.76. The fourth-order valence-electron chi connectivity index (χ4n) is 1.64. The number of nitrogens with zero attached hydrogens (tertiary/aromatic N) is 1. The van der Waals surface area contributed by atoms with Crippen LogP contribution in [0.1, 0.15) is 29.0 Å². The maximum Gasteiger partial charge on any atom is 0.273 e. The maximum absolute atomic E-state index is 11.8. The molecule has 8 heteroatoms. The molecule has 0 aliphatic rings. The van der Waals surface area contributed by atoms with Gasteiger partial charge in [-0.1, -0.05) is 17.3 Å². The average Bonchev–Trinajstić information content (AvgIpc) is 2.91. The number of hydrogen-bond acceptors (Lipinski definition) is 5. The summed E-state index contributed by atoms with van der Waals surface area (Å²) in [5, 5.41) is 11.3. The van der Waals surface area contributed by atoms with Crippen molar-refractivity contribution in [1.82, 2.24) is 10.5 Å². The summed E-state index contributed by atoms with van der Waals surface area (Å²) < 4.78 is 27.1. The summed E-state index contributed by atoms with van der Waals surface area (Å²) in [5.74, 6) is -0.410. The zero-order chi connectivity index (χ0) is 14.8. The third kappa shape index (κ3) is 3.22. The highest BCUT2D eigenvalue weighted by Crippen LogP contribution is 2.17. The van der Waals surface area contributed by atoms with Crippen LogP contribution in [0, 0.1) is 0 Å². The molecular formula is C12H13N3O4S. The quantitative estimate of drug-likeness (QED) is 0.866. The summed E-state index contributed by atoms with van der Waals surface area (Å²) in [7, 11) is -3.77. The van der Waals surface area contributed by atoms with Gasteiger partial charge in [-0.25, -0.2) is 13.6 Å². The molecule has 1 amide bonds. The number of nitrogens with two attached hydrogens (primary N) is 1. The molecule has 7 nitrogen and oxygen atoms in total. The van der Waals surface area contributed by atoms with Crippen LogP contribution >= 0.6 is 0 Å². The van der Waals surface area contributed by atoms with Gasteiger partial charge in [-0.3, -0.25) is 4.79 Å². The second-order valence-electron chi connectivity index (χ2n) is 4.20. The number of sulfonamides is 1. The molecule has 0 saturated heterocycles. The zero-order valence-electron chi connectivity index (χ0n) is 10.6. The Hall–Kier alpha value is -2.19. The first-order valence-electron chi connectivity index (χ1n) is 5.72. The molecule has 0 saturated carbocycles.